The Bertz CT molecular complexity index is 860. The molecule has 2 N–H and O–H groups in total. The van der Waals surface area contributed by atoms with E-state index in [1.807, 2.05) is 18.2 Å². The number of nitrogens with zero attached hydrogens (tertiary/aromatic N) is 2. The normalized spacial score (nSPS) is 10.6. The zero-order valence-electron chi connectivity index (χ0n) is 11.0. The van der Waals surface area contributed by atoms with E-state index < -0.39 is 11.7 Å². The highest BCUT2D eigenvalue weighted by atomic mass is 79.9. The van der Waals surface area contributed by atoms with E-state index in [1.54, 1.807) is 6.07 Å². The molecule has 7 heteroatoms. The fraction of sp³-hybridized carbons (Fsp3) is 0. The van der Waals surface area contributed by atoms with Gasteiger partial charge in [-0.2, -0.15) is 4.98 Å². The van der Waals surface area contributed by atoms with Crippen molar-refractivity contribution in [1.29, 1.82) is 0 Å². The number of carbonyl (C=O) groups is 1. The highest BCUT2D eigenvalue weighted by Gasteiger charge is 2.18. The summed E-state index contributed by atoms with van der Waals surface area (Å²) in [7, 11) is 0. The molecule has 0 saturated carbocycles. The summed E-state index contributed by atoms with van der Waals surface area (Å²) in [6.45, 7) is 0. The van der Waals surface area contributed by atoms with Gasteiger partial charge in [0.25, 0.3) is 5.89 Å². The Morgan fingerprint density at radius 2 is 1.95 bits per heavy atom. The van der Waals surface area contributed by atoms with Gasteiger partial charge in [-0.15, -0.1) is 0 Å². The second-order valence-electron chi connectivity index (χ2n) is 4.44. The number of benzene rings is 2. The fourth-order valence-corrected chi connectivity index (χ4v) is 2.37. The van der Waals surface area contributed by atoms with Crippen LogP contribution in [0.25, 0.3) is 22.8 Å². The third-order valence-electron chi connectivity index (χ3n) is 3.00. The maximum atomic E-state index is 11.0. The molecule has 110 valence electrons. The molecule has 0 unspecified atom stereocenters. The number of aromatic hydroxyl groups is 1. The van der Waals surface area contributed by atoms with Crippen molar-refractivity contribution in [1.82, 2.24) is 10.1 Å². The van der Waals surface area contributed by atoms with E-state index >= 15 is 0 Å². The molecule has 0 saturated heterocycles. The SMILES string of the molecule is O=C(O)c1cccc(-c2noc(-c3cccc(Br)c3)n2)c1O. The number of aromatic nitrogens is 2. The van der Waals surface area contributed by atoms with E-state index in [0.717, 1.165) is 4.47 Å². The van der Waals surface area contributed by atoms with Crippen molar-refractivity contribution in [2.75, 3.05) is 0 Å². The quantitative estimate of drug-likeness (QED) is 0.740. The van der Waals surface area contributed by atoms with Gasteiger partial charge in [-0.05, 0) is 30.3 Å². The molecule has 0 aliphatic heterocycles. The van der Waals surface area contributed by atoms with Crippen LogP contribution < -0.4 is 0 Å². The number of halogens is 1. The maximum Gasteiger partial charge on any atom is 0.339 e. The summed E-state index contributed by atoms with van der Waals surface area (Å²) in [4.78, 5) is 15.2. The molecule has 0 aliphatic rings. The summed E-state index contributed by atoms with van der Waals surface area (Å²) in [5.41, 5.74) is 0.693. The van der Waals surface area contributed by atoms with E-state index in [0.29, 0.717) is 5.56 Å². The Hall–Kier alpha value is -2.67. The molecule has 3 aromatic rings. The van der Waals surface area contributed by atoms with Crippen LogP contribution >= 0.6 is 15.9 Å². The van der Waals surface area contributed by atoms with Crippen LogP contribution in [0.15, 0.2) is 51.5 Å². The lowest BCUT2D eigenvalue weighted by Crippen LogP contribution is -1.97. The van der Waals surface area contributed by atoms with Crippen molar-refractivity contribution >= 4 is 21.9 Å². The third-order valence-corrected chi connectivity index (χ3v) is 3.50. The van der Waals surface area contributed by atoms with E-state index in [2.05, 4.69) is 26.1 Å². The molecule has 3 rings (SSSR count). The minimum atomic E-state index is -1.23. The standard InChI is InChI=1S/C15H9BrN2O4/c16-9-4-1-3-8(7-9)14-17-13(18-22-14)10-5-2-6-11(12(10)19)15(20)21/h1-7,19H,(H,20,21). The van der Waals surface area contributed by atoms with Crippen molar-refractivity contribution in [2.24, 2.45) is 0 Å². The minimum Gasteiger partial charge on any atom is -0.506 e. The van der Waals surface area contributed by atoms with Crippen LogP contribution in [0.5, 0.6) is 5.75 Å². The third kappa shape index (κ3) is 2.58. The minimum absolute atomic E-state index is 0.121. The van der Waals surface area contributed by atoms with Crippen molar-refractivity contribution in [3.8, 4) is 28.6 Å². The first kappa shape index (κ1) is 14.3. The number of hydrogen-bond acceptors (Lipinski definition) is 5. The van der Waals surface area contributed by atoms with Crippen molar-refractivity contribution in [3.63, 3.8) is 0 Å². The summed E-state index contributed by atoms with van der Waals surface area (Å²) in [5, 5.41) is 22.8. The Kier molecular flexibility index (Phi) is 3.64. The van der Waals surface area contributed by atoms with E-state index in [9.17, 15) is 9.90 Å². The molecule has 1 aromatic heterocycles. The first-order valence-electron chi connectivity index (χ1n) is 6.21. The van der Waals surface area contributed by atoms with Crippen LogP contribution in [-0.4, -0.2) is 26.3 Å². The van der Waals surface area contributed by atoms with Gasteiger partial charge in [0.2, 0.25) is 5.82 Å². The molecule has 22 heavy (non-hydrogen) atoms. The highest BCUT2D eigenvalue weighted by Crippen LogP contribution is 2.32. The van der Waals surface area contributed by atoms with Crippen LogP contribution in [0, 0.1) is 0 Å². The van der Waals surface area contributed by atoms with Gasteiger partial charge in [-0.1, -0.05) is 33.2 Å². The number of phenols is 1. The van der Waals surface area contributed by atoms with Crippen LogP contribution in [0.4, 0.5) is 0 Å². The molecule has 6 nitrogen and oxygen atoms in total. The molecule has 0 amide bonds. The molecule has 2 aromatic carbocycles. The number of para-hydroxylation sites is 1. The number of hydrogen-bond donors (Lipinski definition) is 2. The molecule has 0 radical (unpaired) electrons. The Morgan fingerprint density at radius 1 is 1.18 bits per heavy atom. The van der Waals surface area contributed by atoms with E-state index in [1.165, 1.54) is 18.2 Å². The lowest BCUT2D eigenvalue weighted by atomic mass is 10.1. The Morgan fingerprint density at radius 3 is 2.68 bits per heavy atom. The number of carboxylic acids is 1. The van der Waals surface area contributed by atoms with Crippen molar-refractivity contribution in [3.05, 3.63) is 52.5 Å². The summed E-state index contributed by atoms with van der Waals surface area (Å²) in [6.07, 6.45) is 0. The first-order valence-corrected chi connectivity index (χ1v) is 7.01. The van der Waals surface area contributed by atoms with Gasteiger partial charge in [0.1, 0.15) is 11.3 Å². The van der Waals surface area contributed by atoms with Gasteiger partial charge in [0.15, 0.2) is 0 Å². The maximum absolute atomic E-state index is 11.0. The Labute approximate surface area is 133 Å². The van der Waals surface area contributed by atoms with Gasteiger partial charge in [-0.3, -0.25) is 0 Å². The number of aromatic carboxylic acids is 1. The smallest absolute Gasteiger partial charge is 0.339 e. The molecular weight excluding hydrogens is 352 g/mol. The first-order chi connectivity index (χ1) is 10.6. The number of carboxylic acid groups (broad SMARTS) is 1. The van der Waals surface area contributed by atoms with E-state index in [-0.39, 0.29) is 22.8 Å². The van der Waals surface area contributed by atoms with Gasteiger partial charge in [0.05, 0.1) is 5.56 Å². The predicted octanol–water partition coefficient (Wildman–Crippen LogP) is 3.57. The monoisotopic (exact) mass is 360 g/mol. The van der Waals surface area contributed by atoms with Crippen molar-refractivity contribution in [2.45, 2.75) is 0 Å². The van der Waals surface area contributed by atoms with Gasteiger partial charge in [0, 0.05) is 10.0 Å². The lowest BCUT2D eigenvalue weighted by molar-refractivity contribution is 0.0694. The summed E-state index contributed by atoms with van der Waals surface area (Å²) in [6, 6.07) is 11.6. The predicted molar refractivity (Wildman–Crippen MR) is 81.5 cm³/mol. The largest absolute Gasteiger partial charge is 0.506 e. The fourth-order valence-electron chi connectivity index (χ4n) is 1.97. The summed E-state index contributed by atoms with van der Waals surface area (Å²) in [5.74, 6) is -1.22. The molecule has 0 bridgehead atoms. The van der Waals surface area contributed by atoms with Crippen LogP contribution in [0.1, 0.15) is 10.4 Å². The second-order valence-corrected chi connectivity index (χ2v) is 5.36. The summed E-state index contributed by atoms with van der Waals surface area (Å²) >= 11 is 3.35. The molecule has 1 heterocycles. The molecule has 0 fully saturated rings. The van der Waals surface area contributed by atoms with E-state index in [4.69, 9.17) is 9.63 Å². The highest BCUT2D eigenvalue weighted by molar-refractivity contribution is 9.10. The number of rotatable bonds is 3. The molecule has 0 atom stereocenters. The lowest BCUT2D eigenvalue weighted by Gasteiger charge is -2.02. The topological polar surface area (TPSA) is 96.5 Å². The molecular formula is C15H9BrN2O4. The summed E-state index contributed by atoms with van der Waals surface area (Å²) < 4.78 is 6.04. The van der Waals surface area contributed by atoms with Crippen LogP contribution in [-0.2, 0) is 0 Å². The average Bonchev–Trinajstić information content (AvgIpc) is 2.97. The molecule has 0 spiro atoms. The van der Waals surface area contributed by atoms with Crippen molar-refractivity contribution < 1.29 is 19.5 Å². The Balaban J connectivity index is 2.05. The zero-order valence-corrected chi connectivity index (χ0v) is 12.6. The van der Waals surface area contributed by atoms with Gasteiger partial charge in [-0.25, -0.2) is 4.79 Å². The van der Waals surface area contributed by atoms with Crippen LogP contribution in [0.2, 0.25) is 0 Å². The second kappa shape index (κ2) is 5.61. The van der Waals surface area contributed by atoms with Gasteiger partial charge < -0.3 is 14.7 Å². The van der Waals surface area contributed by atoms with Crippen LogP contribution in [0.3, 0.4) is 0 Å². The zero-order chi connectivity index (χ0) is 15.7. The average molecular weight is 361 g/mol. The van der Waals surface area contributed by atoms with Gasteiger partial charge >= 0.3 is 5.97 Å². The molecule has 0 aliphatic carbocycles.